The van der Waals surface area contributed by atoms with Crippen molar-refractivity contribution in [1.29, 1.82) is 0 Å². The van der Waals surface area contributed by atoms with Gasteiger partial charge >= 0.3 is 0 Å². The molecule has 1 amide bonds. The number of hydrogen-bond acceptors (Lipinski definition) is 4. The minimum Gasteiger partial charge on any atom is -0.493 e. The van der Waals surface area contributed by atoms with E-state index in [-0.39, 0.29) is 11.7 Å². The summed E-state index contributed by atoms with van der Waals surface area (Å²) in [6.07, 6.45) is 0. The maximum absolute atomic E-state index is 12.9. The number of aromatic nitrogens is 1. The number of aromatic amines is 1. The average molecular weight is 338 g/mol. The third-order valence-electron chi connectivity index (χ3n) is 3.87. The normalized spacial score (nSPS) is 10.5. The van der Waals surface area contributed by atoms with Crippen LogP contribution in [0.15, 0.2) is 42.5 Å². The fraction of sp³-hybridized carbons (Fsp3) is 0.158. The Morgan fingerprint density at radius 2 is 1.64 bits per heavy atom. The highest BCUT2D eigenvalue weighted by Gasteiger charge is 2.21. The van der Waals surface area contributed by atoms with Gasteiger partial charge in [-0.25, -0.2) is 0 Å². The van der Waals surface area contributed by atoms with Crippen molar-refractivity contribution in [2.24, 2.45) is 0 Å². The molecule has 2 N–H and O–H groups in total. The molecule has 0 bridgehead atoms. The number of rotatable bonds is 5. The van der Waals surface area contributed by atoms with Crippen LogP contribution in [0.5, 0.6) is 11.5 Å². The third kappa shape index (κ3) is 3.06. The lowest BCUT2D eigenvalue weighted by atomic mass is 10.1. The molecule has 25 heavy (non-hydrogen) atoms. The van der Waals surface area contributed by atoms with Crippen LogP contribution in [0.3, 0.4) is 0 Å². The number of nitrogens with one attached hydrogen (secondary N) is 2. The molecule has 1 heterocycles. The number of hydrogen-bond donors (Lipinski definition) is 2. The Bertz CT molecular complexity index is 945. The summed E-state index contributed by atoms with van der Waals surface area (Å²) in [5.74, 6) is 0.569. The van der Waals surface area contributed by atoms with Crippen LogP contribution >= 0.6 is 0 Å². The first-order chi connectivity index (χ1) is 12.0. The Kier molecular flexibility index (Phi) is 4.43. The molecule has 0 aliphatic carbocycles. The summed E-state index contributed by atoms with van der Waals surface area (Å²) < 4.78 is 10.6. The van der Waals surface area contributed by atoms with E-state index in [1.807, 2.05) is 6.07 Å². The van der Waals surface area contributed by atoms with Crippen LogP contribution in [0, 0.1) is 0 Å². The lowest BCUT2D eigenvalue weighted by molar-refractivity contribution is -0.114. The van der Waals surface area contributed by atoms with Crippen molar-refractivity contribution < 1.29 is 19.1 Å². The average Bonchev–Trinajstić information content (AvgIpc) is 2.97. The Hall–Kier alpha value is -3.28. The van der Waals surface area contributed by atoms with E-state index in [2.05, 4.69) is 10.3 Å². The Morgan fingerprint density at radius 1 is 1.00 bits per heavy atom. The van der Waals surface area contributed by atoms with E-state index in [0.717, 1.165) is 0 Å². The second-order valence-electron chi connectivity index (χ2n) is 5.50. The van der Waals surface area contributed by atoms with Crippen molar-refractivity contribution in [3.05, 3.63) is 53.7 Å². The molecule has 6 heteroatoms. The molecule has 0 aliphatic heterocycles. The molecule has 0 unspecified atom stereocenters. The molecule has 2 aromatic carbocycles. The predicted molar refractivity (Wildman–Crippen MR) is 95.6 cm³/mol. The molecule has 0 fully saturated rings. The van der Waals surface area contributed by atoms with E-state index in [0.29, 0.717) is 39.3 Å². The number of H-pyrrole nitrogens is 1. The van der Waals surface area contributed by atoms with Gasteiger partial charge in [-0.15, -0.1) is 0 Å². The number of fused-ring (bicyclic) bond motifs is 1. The smallest absolute Gasteiger partial charge is 0.221 e. The summed E-state index contributed by atoms with van der Waals surface area (Å²) in [5, 5.41) is 3.42. The van der Waals surface area contributed by atoms with Crippen LogP contribution < -0.4 is 14.8 Å². The number of ketones is 1. The van der Waals surface area contributed by atoms with Gasteiger partial charge in [-0.3, -0.25) is 9.59 Å². The molecule has 0 spiro atoms. The number of methoxy groups -OCH3 is 2. The van der Waals surface area contributed by atoms with E-state index in [1.165, 1.54) is 21.1 Å². The van der Waals surface area contributed by atoms with E-state index in [1.54, 1.807) is 36.4 Å². The second-order valence-corrected chi connectivity index (χ2v) is 5.50. The molecule has 0 saturated heterocycles. The molecule has 3 aromatic rings. The Morgan fingerprint density at radius 3 is 2.24 bits per heavy atom. The first kappa shape index (κ1) is 16.6. The van der Waals surface area contributed by atoms with Crippen LogP contribution in [-0.4, -0.2) is 30.9 Å². The first-order valence-electron chi connectivity index (χ1n) is 7.70. The lowest BCUT2D eigenvalue weighted by Gasteiger charge is -2.08. The van der Waals surface area contributed by atoms with Crippen molar-refractivity contribution >= 4 is 28.3 Å². The van der Waals surface area contributed by atoms with Crippen LogP contribution in [0.2, 0.25) is 0 Å². The van der Waals surface area contributed by atoms with Gasteiger partial charge in [0, 0.05) is 23.9 Å². The lowest BCUT2D eigenvalue weighted by Crippen LogP contribution is -2.11. The van der Waals surface area contributed by atoms with Gasteiger partial charge in [0.1, 0.15) is 5.69 Å². The summed E-state index contributed by atoms with van der Waals surface area (Å²) in [6, 6.07) is 12.4. The van der Waals surface area contributed by atoms with Crippen molar-refractivity contribution in [3.63, 3.8) is 0 Å². The first-order valence-corrected chi connectivity index (χ1v) is 7.70. The van der Waals surface area contributed by atoms with Gasteiger partial charge in [0.25, 0.3) is 0 Å². The Labute approximate surface area is 144 Å². The number of carbonyl (C=O) groups excluding carboxylic acids is 2. The zero-order valence-electron chi connectivity index (χ0n) is 14.2. The summed E-state index contributed by atoms with van der Waals surface area (Å²) in [5.41, 5.74) is 1.93. The van der Waals surface area contributed by atoms with Crippen LogP contribution in [0.1, 0.15) is 23.0 Å². The predicted octanol–water partition coefficient (Wildman–Crippen LogP) is 3.37. The van der Waals surface area contributed by atoms with Crippen LogP contribution in [0.25, 0.3) is 10.9 Å². The van der Waals surface area contributed by atoms with E-state index in [4.69, 9.17) is 9.47 Å². The largest absolute Gasteiger partial charge is 0.493 e. The maximum atomic E-state index is 12.9. The molecular formula is C19H18N2O4. The highest BCUT2D eigenvalue weighted by Crippen LogP contribution is 2.37. The highest BCUT2D eigenvalue weighted by atomic mass is 16.5. The molecule has 6 nitrogen and oxygen atoms in total. The molecule has 1 aromatic heterocycles. The van der Waals surface area contributed by atoms with Crippen LogP contribution in [0.4, 0.5) is 5.69 Å². The van der Waals surface area contributed by atoms with E-state index >= 15 is 0 Å². The number of anilines is 1. The van der Waals surface area contributed by atoms with Gasteiger partial charge in [0.05, 0.1) is 25.4 Å². The summed E-state index contributed by atoms with van der Waals surface area (Å²) in [6.45, 7) is 1.40. The summed E-state index contributed by atoms with van der Waals surface area (Å²) >= 11 is 0. The van der Waals surface area contributed by atoms with Gasteiger partial charge in [-0.05, 0) is 6.07 Å². The monoisotopic (exact) mass is 338 g/mol. The number of benzene rings is 2. The maximum Gasteiger partial charge on any atom is 0.221 e. The minimum atomic E-state index is -0.266. The number of ether oxygens (including phenoxy) is 2. The standard InChI is InChI=1S/C19H18N2O4/c1-11(22)20-17-13-9-15(24-2)16(25-3)10-14(13)21-18(17)19(23)12-7-5-4-6-8-12/h4-10,21H,1-3H3,(H,20,22). The quantitative estimate of drug-likeness (QED) is 0.699. The van der Waals surface area contributed by atoms with Crippen molar-refractivity contribution in [2.75, 3.05) is 19.5 Å². The molecular weight excluding hydrogens is 320 g/mol. The van der Waals surface area contributed by atoms with Gasteiger partial charge in [-0.2, -0.15) is 0 Å². The fourth-order valence-electron chi connectivity index (χ4n) is 2.73. The molecule has 0 aliphatic rings. The number of amides is 1. The SMILES string of the molecule is COc1cc2[nH]c(C(=O)c3ccccc3)c(NC(C)=O)c2cc1OC. The van der Waals surface area contributed by atoms with Gasteiger partial charge in [0.2, 0.25) is 11.7 Å². The van der Waals surface area contributed by atoms with Gasteiger partial charge in [-0.1, -0.05) is 30.3 Å². The van der Waals surface area contributed by atoms with Crippen molar-refractivity contribution in [2.45, 2.75) is 6.92 Å². The van der Waals surface area contributed by atoms with Gasteiger partial charge in [0.15, 0.2) is 11.5 Å². The topological polar surface area (TPSA) is 80.4 Å². The minimum absolute atomic E-state index is 0.210. The molecule has 3 rings (SSSR count). The number of carbonyl (C=O) groups is 2. The molecule has 0 radical (unpaired) electrons. The fourth-order valence-corrected chi connectivity index (χ4v) is 2.73. The summed E-state index contributed by atoms with van der Waals surface area (Å²) in [7, 11) is 3.07. The van der Waals surface area contributed by atoms with Crippen molar-refractivity contribution in [1.82, 2.24) is 4.98 Å². The van der Waals surface area contributed by atoms with E-state index in [9.17, 15) is 9.59 Å². The third-order valence-corrected chi connectivity index (χ3v) is 3.87. The summed E-state index contributed by atoms with van der Waals surface area (Å²) in [4.78, 5) is 27.6. The molecule has 0 saturated carbocycles. The zero-order chi connectivity index (χ0) is 18.0. The highest BCUT2D eigenvalue weighted by molar-refractivity contribution is 6.18. The Balaban J connectivity index is 2.23. The molecule has 0 atom stereocenters. The van der Waals surface area contributed by atoms with Gasteiger partial charge < -0.3 is 19.8 Å². The van der Waals surface area contributed by atoms with Crippen LogP contribution in [-0.2, 0) is 4.79 Å². The molecule has 128 valence electrons. The second kappa shape index (κ2) is 6.68. The zero-order valence-corrected chi connectivity index (χ0v) is 14.2. The van der Waals surface area contributed by atoms with E-state index < -0.39 is 0 Å². The van der Waals surface area contributed by atoms with Crippen molar-refractivity contribution in [3.8, 4) is 11.5 Å².